The quantitative estimate of drug-likeness (QED) is 0.689. The van der Waals surface area contributed by atoms with E-state index in [2.05, 4.69) is 13.8 Å². The molecule has 82 valence electrons. The van der Waals surface area contributed by atoms with Crippen LogP contribution in [0.2, 0.25) is 0 Å². The molecule has 3 atom stereocenters. The van der Waals surface area contributed by atoms with Gasteiger partial charge in [0.2, 0.25) is 5.91 Å². The van der Waals surface area contributed by atoms with Crippen molar-refractivity contribution in [3.63, 3.8) is 0 Å². The number of nitrogens with two attached hydrogens (primary N) is 1. The molecule has 0 aromatic rings. The van der Waals surface area contributed by atoms with Gasteiger partial charge in [-0.05, 0) is 31.6 Å². The van der Waals surface area contributed by atoms with Crippen LogP contribution in [-0.2, 0) is 4.79 Å². The van der Waals surface area contributed by atoms with Crippen molar-refractivity contribution < 1.29 is 4.79 Å². The summed E-state index contributed by atoms with van der Waals surface area (Å²) >= 11 is 0. The van der Waals surface area contributed by atoms with Gasteiger partial charge in [-0.3, -0.25) is 4.79 Å². The third kappa shape index (κ3) is 2.98. The van der Waals surface area contributed by atoms with E-state index in [9.17, 15) is 4.79 Å². The predicted octanol–water partition coefficient (Wildman–Crippen LogP) is 1.23. The van der Waals surface area contributed by atoms with Gasteiger partial charge in [0.05, 0.1) is 6.04 Å². The van der Waals surface area contributed by atoms with E-state index in [1.54, 1.807) is 6.92 Å². The Morgan fingerprint density at radius 2 is 2.07 bits per heavy atom. The van der Waals surface area contributed by atoms with Crippen molar-refractivity contribution in [2.45, 2.75) is 39.7 Å². The first-order valence-electron chi connectivity index (χ1n) is 5.55. The third-order valence-corrected chi connectivity index (χ3v) is 2.93. The van der Waals surface area contributed by atoms with Crippen molar-refractivity contribution >= 4 is 5.91 Å². The highest BCUT2D eigenvalue weighted by atomic mass is 16.2. The smallest absolute Gasteiger partial charge is 0.239 e. The molecule has 14 heavy (non-hydrogen) atoms. The summed E-state index contributed by atoms with van der Waals surface area (Å²) in [5, 5.41) is 0. The molecule has 1 aliphatic rings. The molecule has 1 fully saturated rings. The lowest BCUT2D eigenvalue weighted by molar-refractivity contribution is -0.132. The molecule has 1 heterocycles. The number of likely N-dealkylation sites (tertiary alicyclic amines) is 1. The van der Waals surface area contributed by atoms with Crippen LogP contribution in [0.1, 0.15) is 33.6 Å². The maximum atomic E-state index is 11.7. The molecular formula is C11H22N2O. The fraction of sp³-hybridized carbons (Fsp3) is 0.909. The number of amides is 1. The Morgan fingerprint density at radius 3 is 2.64 bits per heavy atom. The molecule has 0 radical (unpaired) electrons. The van der Waals surface area contributed by atoms with Crippen molar-refractivity contribution in [1.29, 1.82) is 0 Å². The Morgan fingerprint density at radius 1 is 1.43 bits per heavy atom. The van der Waals surface area contributed by atoms with Crippen LogP contribution in [0, 0.1) is 11.8 Å². The highest BCUT2D eigenvalue weighted by Crippen LogP contribution is 2.21. The number of rotatable bonds is 1. The standard InChI is InChI=1S/C11H22N2O/c1-8-4-5-13(7-9(2)6-8)11(14)10(3)12/h8-10H,4-7,12H2,1-3H3. The Balaban J connectivity index is 2.57. The first-order chi connectivity index (χ1) is 6.50. The topological polar surface area (TPSA) is 46.3 Å². The summed E-state index contributed by atoms with van der Waals surface area (Å²) in [6.07, 6.45) is 2.34. The number of carbonyl (C=O) groups excluding carboxylic acids is 1. The first kappa shape index (κ1) is 11.5. The average Bonchev–Trinajstić information content (AvgIpc) is 2.25. The van der Waals surface area contributed by atoms with Gasteiger partial charge in [0.15, 0.2) is 0 Å². The van der Waals surface area contributed by atoms with E-state index in [4.69, 9.17) is 5.73 Å². The van der Waals surface area contributed by atoms with Crippen LogP contribution in [-0.4, -0.2) is 29.9 Å². The fourth-order valence-corrected chi connectivity index (χ4v) is 2.21. The molecular weight excluding hydrogens is 176 g/mol. The highest BCUT2D eigenvalue weighted by molar-refractivity contribution is 5.81. The maximum Gasteiger partial charge on any atom is 0.239 e. The summed E-state index contributed by atoms with van der Waals surface area (Å²) in [6.45, 7) is 8.00. The second-order valence-electron chi connectivity index (χ2n) is 4.81. The third-order valence-electron chi connectivity index (χ3n) is 2.93. The molecule has 1 aliphatic heterocycles. The van der Waals surface area contributed by atoms with Crippen molar-refractivity contribution in [3.8, 4) is 0 Å². The molecule has 3 heteroatoms. The monoisotopic (exact) mass is 198 g/mol. The first-order valence-corrected chi connectivity index (χ1v) is 5.55. The zero-order valence-corrected chi connectivity index (χ0v) is 9.49. The Labute approximate surface area is 86.6 Å². The summed E-state index contributed by atoms with van der Waals surface area (Å²) in [5.41, 5.74) is 5.61. The van der Waals surface area contributed by atoms with Crippen LogP contribution in [0.15, 0.2) is 0 Å². The molecule has 2 N–H and O–H groups in total. The van der Waals surface area contributed by atoms with Gasteiger partial charge in [-0.25, -0.2) is 0 Å². The number of carbonyl (C=O) groups is 1. The summed E-state index contributed by atoms with van der Waals surface area (Å²) in [7, 11) is 0. The minimum absolute atomic E-state index is 0.103. The van der Waals surface area contributed by atoms with E-state index < -0.39 is 0 Å². The molecule has 0 aromatic carbocycles. The molecule has 1 saturated heterocycles. The Bertz CT molecular complexity index is 203. The van der Waals surface area contributed by atoms with E-state index in [1.807, 2.05) is 4.90 Å². The summed E-state index contributed by atoms with van der Waals surface area (Å²) in [4.78, 5) is 13.6. The lowest BCUT2D eigenvalue weighted by Gasteiger charge is -2.24. The zero-order chi connectivity index (χ0) is 10.7. The van der Waals surface area contributed by atoms with Crippen LogP contribution in [0.4, 0.5) is 0 Å². The molecule has 0 aliphatic carbocycles. The second-order valence-corrected chi connectivity index (χ2v) is 4.81. The van der Waals surface area contributed by atoms with E-state index >= 15 is 0 Å². The summed E-state index contributed by atoms with van der Waals surface area (Å²) in [6, 6.07) is -0.351. The van der Waals surface area contributed by atoms with Gasteiger partial charge in [0.25, 0.3) is 0 Å². The maximum absolute atomic E-state index is 11.7. The summed E-state index contributed by atoms with van der Waals surface area (Å²) in [5.74, 6) is 1.44. The van der Waals surface area contributed by atoms with Crippen molar-refractivity contribution in [2.75, 3.05) is 13.1 Å². The summed E-state index contributed by atoms with van der Waals surface area (Å²) < 4.78 is 0. The van der Waals surface area contributed by atoms with E-state index in [0.29, 0.717) is 5.92 Å². The van der Waals surface area contributed by atoms with E-state index in [0.717, 1.165) is 25.4 Å². The van der Waals surface area contributed by atoms with Crippen molar-refractivity contribution in [1.82, 2.24) is 4.90 Å². The van der Waals surface area contributed by atoms with Gasteiger partial charge >= 0.3 is 0 Å². The normalized spacial score (nSPS) is 31.0. The highest BCUT2D eigenvalue weighted by Gasteiger charge is 2.24. The Kier molecular flexibility index (Phi) is 3.93. The molecule has 3 nitrogen and oxygen atoms in total. The van der Waals surface area contributed by atoms with E-state index in [-0.39, 0.29) is 11.9 Å². The lowest BCUT2D eigenvalue weighted by atomic mass is 9.97. The molecule has 0 bridgehead atoms. The lowest BCUT2D eigenvalue weighted by Crippen LogP contribution is -2.43. The van der Waals surface area contributed by atoms with Gasteiger partial charge in [-0.1, -0.05) is 13.8 Å². The van der Waals surface area contributed by atoms with Gasteiger partial charge in [-0.15, -0.1) is 0 Å². The second kappa shape index (κ2) is 4.78. The van der Waals surface area contributed by atoms with Gasteiger partial charge in [-0.2, -0.15) is 0 Å². The largest absolute Gasteiger partial charge is 0.341 e. The molecule has 0 spiro atoms. The average molecular weight is 198 g/mol. The zero-order valence-electron chi connectivity index (χ0n) is 9.49. The number of hydrogen-bond donors (Lipinski definition) is 1. The van der Waals surface area contributed by atoms with Crippen LogP contribution in [0.3, 0.4) is 0 Å². The molecule has 0 saturated carbocycles. The fourth-order valence-electron chi connectivity index (χ4n) is 2.21. The van der Waals surface area contributed by atoms with Crippen molar-refractivity contribution in [2.24, 2.45) is 17.6 Å². The van der Waals surface area contributed by atoms with Gasteiger partial charge in [0.1, 0.15) is 0 Å². The minimum atomic E-state index is -0.351. The number of hydrogen-bond acceptors (Lipinski definition) is 2. The molecule has 3 unspecified atom stereocenters. The van der Waals surface area contributed by atoms with Crippen LogP contribution < -0.4 is 5.73 Å². The van der Waals surface area contributed by atoms with E-state index in [1.165, 1.54) is 6.42 Å². The van der Waals surface area contributed by atoms with Crippen LogP contribution in [0.5, 0.6) is 0 Å². The SMILES string of the molecule is CC1CCN(C(=O)C(C)N)CC(C)C1. The molecule has 0 aromatic heterocycles. The van der Waals surface area contributed by atoms with Crippen molar-refractivity contribution in [3.05, 3.63) is 0 Å². The van der Waals surface area contributed by atoms with Gasteiger partial charge in [0, 0.05) is 13.1 Å². The number of nitrogens with zero attached hydrogens (tertiary/aromatic N) is 1. The predicted molar refractivity (Wildman–Crippen MR) is 57.8 cm³/mol. The minimum Gasteiger partial charge on any atom is -0.341 e. The molecule has 1 amide bonds. The van der Waals surface area contributed by atoms with Crippen LogP contribution in [0.25, 0.3) is 0 Å². The van der Waals surface area contributed by atoms with Gasteiger partial charge < -0.3 is 10.6 Å². The molecule has 1 rings (SSSR count). The Hall–Kier alpha value is -0.570. The van der Waals surface area contributed by atoms with Crippen LogP contribution >= 0.6 is 0 Å².